The molecule has 1 aromatic carbocycles. The molecule has 0 aliphatic heterocycles. The Morgan fingerprint density at radius 1 is 1.05 bits per heavy atom. The molecule has 0 saturated heterocycles. The first-order chi connectivity index (χ1) is 9.38. The molecule has 2 aromatic rings. The van der Waals surface area contributed by atoms with Crippen LogP contribution >= 0.6 is 0 Å². The maximum atomic E-state index is 12.4. The van der Waals surface area contributed by atoms with E-state index < -0.39 is 11.9 Å². The summed E-state index contributed by atoms with van der Waals surface area (Å²) in [7, 11) is 0. The standard InChI is InChI=1S/C15H15F3N2/c1-10-4-3-5-11(2)13(10)9-19-12-6-7-14(20-8-12)15(16,17)18/h3-8,19H,9H2,1-2H3. The minimum Gasteiger partial charge on any atom is -0.380 e. The lowest BCUT2D eigenvalue weighted by atomic mass is 10.0. The largest absolute Gasteiger partial charge is 0.433 e. The van der Waals surface area contributed by atoms with Crippen molar-refractivity contribution in [3.63, 3.8) is 0 Å². The Bertz CT molecular complexity index is 569. The molecule has 0 bridgehead atoms. The van der Waals surface area contributed by atoms with Gasteiger partial charge >= 0.3 is 6.18 Å². The van der Waals surface area contributed by atoms with Gasteiger partial charge in [0.05, 0.1) is 11.9 Å². The fourth-order valence-electron chi connectivity index (χ4n) is 1.98. The maximum Gasteiger partial charge on any atom is 0.433 e. The lowest BCUT2D eigenvalue weighted by molar-refractivity contribution is -0.141. The summed E-state index contributed by atoms with van der Waals surface area (Å²) >= 11 is 0. The first-order valence-corrected chi connectivity index (χ1v) is 6.20. The van der Waals surface area contributed by atoms with Crippen molar-refractivity contribution in [3.8, 4) is 0 Å². The molecule has 0 amide bonds. The molecule has 0 radical (unpaired) electrons. The van der Waals surface area contributed by atoms with Gasteiger partial charge in [-0.3, -0.25) is 0 Å². The molecular weight excluding hydrogens is 265 g/mol. The number of rotatable bonds is 3. The SMILES string of the molecule is Cc1cccc(C)c1CNc1ccc(C(F)(F)F)nc1. The van der Waals surface area contributed by atoms with Gasteiger partial charge in [-0.05, 0) is 42.7 Å². The molecule has 20 heavy (non-hydrogen) atoms. The number of hydrogen-bond acceptors (Lipinski definition) is 2. The number of anilines is 1. The van der Waals surface area contributed by atoms with E-state index in [2.05, 4.69) is 10.3 Å². The Labute approximate surface area is 115 Å². The summed E-state index contributed by atoms with van der Waals surface area (Å²) in [5.41, 5.74) is 3.14. The van der Waals surface area contributed by atoms with Gasteiger partial charge in [-0.2, -0.15) is 13.2 Å². The fourth-order valence-corrected chi connectivity index (χ4v) is 1.98. The van der Waals surface area contributed by atoms with Crippen molar-refractivity contribution >= 4 is 5.69 Å². The van der Waals surface area contributed by atoms with Crippen LogP contribution in [-0.2, 0) is 12.7 Å². The molecule has 1 N–H and O–H groups in total. The summed E-state index contributed by atoms with van der Waals surface area (Å²) in [6.45, 7) is 4.58. The second kappa shape index (κ2) is 5.53. The smallest absolute Gasteiger partial charge is 0.380 e. The fraction of sp³-hybridized carbons (Fsp3) is 0.267. The minimum absolute atomic E-state index is 0.561. The number of halogens is 3. The molecule has 1 heterocycles. The molecular formula is C15H15F3N2. The molecule has 5 heteroatoms. The van der Waals surface area contributed by atoms with Gasteiger partial charge in [0.25, 0.3) is 0 Å². The van der Waals surface area contributed by atoms with Crippen LogP contribution in [0.2, 0.25) is 0 Å². The van der Waals surface area contributed by atoms with Gasteiger partial charge < -0.3 is 5.32 Å². The van der Waals surface area contributed by atoms with Crippen LogP contribution in [-0.4, -0.2) is 4.98 Å². The van der Waals surface area contributed by atoms with E-state index in [4.69, 9.17) is 0 Å². The van der Waals surface area contributed by atoms with Crippen LogP contribution < -0.4 is 5.32 Å². The average Bonchev–Trinajstić information content (AvgIpc) is 2.37. The summed E-state index contributed by atoms with van der Waals surface area (Å²) in [5, 5.41) is 3.09. The second-order valence-corrected chi connectivity index (χ2v) is 4.65. The number of pyridine rings is 1. The van der Waals surface area contributed by atoms with E-state index in [-0.39, 0.29) is 0 Å². The van der Waals surface area contributed by atoms with Crippen molar-refractivity contribution in [1.82, 2.24) is 4.98 Å². The van der Waals surface area contributed by atoms with Crippen molar-refractivity contribution in [2.75, 3.05) is 5.32 Å². The number of alkyl halides is 3. The van der Waals surface area contributed by atoms with Crippen LogP contribution in [0.3, 0.4) is 0 Å². The lowest BCUT2D eigenvalue weighted by Gasteiger charge is -2.12. The summed E-state index contributed by atoms with van der Waals surface area (Å²) in [4.78, 5) is 3.42. The molecule has 0 spiro atoms. The van der Waals surface area contributed by atoms with Gasteiger partial charge in [0.1, 0.15) is 5.69 Å². The van der Waals surface area contributed by atoms with Crippen LogP contribution in [0.1, 0.15) is 22.4 Å². The van der Waals surface area contributed by atoms with Gasteiger partial charge in [-0.1, -0.05) is 18.2 Å². The third-order valence-corrected chi connectivity index (χ3v) is 3.17. The maximum absolute atomic E-state index is 12.4. The van der Waals surface area contributed by atoms with E-state index in [0.29, 0.717) is 12.2 Å². The molecule has 106 valence electrons. The second-order valence-electron chi connectivity index (χ2n) is 4.65. The molecule has 0 unspecified atom stereocenters. The van der Waals surface area contributed by atoms with E-state index in [1.165, 1.54) is 12.3 Å². The highest BCUT2D eigenvalue weighted by molar-refractivity contribution is 5.44. The topological polar surface area (TPSA) is 24.9 Å². The van der Waals surface area contributed by atoms with Gasteiger partial charge in [0.2, 0.25) is 0 Å². The van der Waals surface area contributed by atoms with E-state index >= 15 is 0 Å². The predicted molar refractivity (Wildman–Crippen MR) is 72.5 cm³/mol. The zero-order valence-corrected chi connectivity index (χ0v) is 11.3. The third kappa shape index (κ3) is 3.29. The highest BCUT2D eigenvalue weighted by Gasteiger charge is 2.31. The van der Waals surface area contributed by atoms with E-state index in [0.717, 1.165) is 22.8 Å². The molecule has 2 nitrogen and oxygen atoms in total. The summed E-state index contributed by atoms with van der Waals surface area (Å²) in [5.74, 6) is 0. The van der Waals surface area contributed by atoms with E-state index in [9.17, 15) is 13.2 Å². The van der Waals surface area contributed by atoms with Crippen LogP contribution in [0.5, 0.6) is 0 Å². The van der Waals surface area contributed by atoms with Gasteiger partial charge in [0.15, 0.2) is 0 Å². The van der Waals surface area contributed by atoms with Gasteiger partial charge in [-0.15, -0.1) is 0 Å². The van der Waals surface area contributed by atoms with Crippen molar-refractivity contribution in [2.45, 2.75) is 26.6 Å². The number of nitrogens with zero attached hydrogens (tertiary/aromatic N) is 1. The van der Waals surface area contributed by atoms with Crippen LogP contribution in [0.25, 0.3) is 0 Å². The molecule has 0 atom stereocenters. The summed E-state index contributed by atoms with van der Waals surface area (Å²) < 4.78 is 37.2. The van der Waals surface area contributed by atoms with Crippen LogP contribution in [0, 0.1) is 13.8 Å². The van der Waals surface area contributed by atoms with Crippen molar-refractivity contribution < 1.29 is 13.2 Å². The van der Waals surface area contributed by atoms with E-state index in [1.54, 1.807) is 0 Å². The summed E-state index contributed by atoms with van der Waals surface area (Å²) in [6.07, 6.45) is -3.19. The number of benzene rings is 1. The Morgan fingerprint density at radius 3 is 2.20 bits per heavy atom. The normalized spacial score (nSPS) is 11.4. The Balaban J connectivity index is 2.08. The molecule has 0 aliphatic carbocycles. The average molecular weight is 280 g/mol. The van der Waals surface area contributed by atoms with E-state index in [1.807, 2.05) is 32.0 Å². The number of nitrogens with one attached hydrogen (secondary N) is 1. The Hall–Kier alpha value is -2.04. The zero-order chi connectivity index (χ0) is 14.8. The quantitative estimate of drug-likeness (QED) is 0.905. The van der Waals surface area contributed by atoms with Gasteiger partial charge in [-0.25, -0.2) is 4.98 Å². The molecule has 0 aliphatic rings. The van der Waals surface area contributed by atoms with Gasteiger partial charge in [0, 0.05) is 6.54 Å². The van der Waals surface area contributed by atoms with Crippen LogP contribution in [0.15, 0.2) is 36.5 Å². The minimum atomic E-state index is -4.40. The van der Waals surface area contributed by atoms with Crippen LogP contribution in [0.4, 0.5) is 18.9 Å². The monoisotopic (exact) mass is 280 g/mol. The van der Waals surface area contributed by atoms with Crippen molar-refractivity contribution in [1.29, 1.82) is 0 Å². The lowest BCUT2D eigenvalue weighted by Crippen LogP contribution is -2.08. The number of aromatic nitrogens is 1. The zero-order valence-electron chi connectivity index (χ0n) is 11.3. The predicted octanol–water partition coefficient (Wildman–Crippen LogP) is 4.33. The number of aryl methyl sites for hydroxylation is 2. The first-order valence-electron chi connectivity index (χ1n) is 6.20. The first kappa shape index (κ1) is 14.4. The Morgan fingerprint density at radius 2 is 1.70 bits per heavy atom. The highest BCUT2D eigenvalue weighted by Crippen LogP contribution is 2.27. The van der Waals surface area contributed by atoms with Crippen molar-refractivity contribution in [3.05, 3.63) is 58.9 Å². The molecule has 0 fully saturated rings. The Kier molecular flexibility index (Phi) is 3.97. The third-order valence-electron chi connectivity index (χ3n) is 3.17. The molecule has 2 rings (SSSR count). The molecule has 0 saturated carbocycles. The number of hydrogen-bond donors (Lipinski definition) is 1. The molecule has 1 aromatic heterocycles. The summed E-state index contributed by atoms with van der Waals surface area (Å²) in [6, 6.07) is 8.37. The van der Waals surface area contributed by atoms with Crippen molar-refractivity contribution in [2.24, 2.45) is 0 Å². The highest BCUT2D eigenvalue weighted by atomic mass is 19.4.